The van der Waals surface area contributed by atoms with Crippen LogP contribution in [0.5, 0.6) is 0 Å². The van der Waals surface area contributed by atoms with Crippen LogP contribution in [0, 0.1) is 11.8 Å². The Kier molecular flexibility index (Phi) is 5.21. The van der Waals surface area contributed by atoms with Crippen LogP contribution in [0.1, 0.15) is 56.4 Å². The number of esters is 1. The van der Waals surface area contributed by atoms with E-state index in [4.69, 9.17) is 4.74 Å². The third-order valence-electron chi connectivity index (χ3n) is 5.38. The molecule has 6 heteroatoms. The number of hydrogen-bond donors (Lipinski definition) is 1. The van der Waals surface area contributed by atoms with Crippen LogP contribution in [0.4, 0.5) is 0 Å². The molecule has 0 bridgehead atoms. The molecule has 6 nitrogen and oxygen atoms in total. The fourth-order valence-corrected chi connectivity index (χ4v) is 3.88. The van der Waals surface area contributed by atoms with Gasteiger partial charge in [-0.15, -0.1) is 0 Å². The molecule has 1 amide bonds. The topological polar surface area (TPSA) is 73.2 Å². The summed E-state index contributed by atoms with van der Waals surface area (Å²) in [4.78, 5) is 24.6. The molecule has 24 heavy (non-hydrogen) atoms. The molecule has 0 unspecified atom stereocenters. The second kappa shape index (κ2) is 7.36. The lowest BCUT2D eigenvalue weighted by Gasteiger charge is -2.25. The summed E-state index contributed by atoms with van der Waals surface area (Å²) in [7, 11) is 3.26. The zero-order valence-electron chi connectivity index (χ0n) is 14.5. The Bertz CT molecular complexity index is 592. The van der Waals surface area contributed by atoms with Gasteiger partial charge in [0.2, 0.25) is 5.91 Å². The van der Waals surface area contributed by atoms with E-state index in [0.717, 1.165) is 24.8 Å². The molecule has 2 aliphatic rings. The van der Waals surface area contributed by atoms with Crippen LogP contribution >= 0.6 is 0 Å². The van der Waals surface area contributed by atoms with Gasteiger partial charge in [0.25, 0.3) is 0 Å². The van der Waals surface area contributed by atoms with Gasteiger partial charge in [-0.3, -0.25) is 9.48 Å². The number of nitrogens with one attached hydrogen (secondary N) is 1. The fraction of sp³-hybridized carbons (Fsp3) is 0.722. The van der Waals surface area contributed by atoms with Crippen molar-refractivity contribution in [2.45, 2.75) is 56.9 Å². The highest BCUT2D eigenvalue weighted by atomic mass is 16.5. The van der Waals surface area contributed by atoms with Gasteiger partial charge in [0.1, 0.15) is 6.04 Å². The predicted octanol–water partition coefficient (Wildman–Crippen LogP) is 2.15. The van der Waals surface area contributed by atoms with Gasteiger partial charge in [-0.1, -0.05) is 32.1 Å². The lowest BCUT2D eigenvalue weighted by Crippen LogP contribution is -2.43. The second-order valence-corrected chi connectivity index (χ2v) is 7.22. The monoisotopic (exact) mass is 333 g/mol. The van der Waals surface area contributed by atoms with Gasteiger partial charge < -0.3 is 10.1 Å². The van der Waals surface area contributed by atoms with Crippen molar-refractivity contribution in [2.75, 3.05) is 7.11 Å². The normalized spacial score (nSPS) is 25.1. The van der Waals surface area contributed by atoms with Crippen molar-refractivity contribution in [1.29, 1.82) is 0 Å². The molecular formula is C18H27N3O3. The fourth-order valence-electron chi connectivity index (χ4n) is 3.88. The Labute approximate surface area is 142 Å². The molecule has 1 aromatic heterocycles. The number of amides is 1. The third kappa shape index (κ3) is 3.97. The molecule has 1 N–H and O–H groups in total. The van der Waals surface area contributed by atoms with Gasteiger partial charge in [-0.2, -0.15) is 5.10 Å². The van der Waals surface area contributed by atoms with Crippen LogP contribution in [0.15, 0.2) is 12.4 Å². The molecule has 3 atom stereocenters. The van der Waals surface area contributed by atoms with E-state index in [1.165, 1.54) is 26.4 Å². The molecule has 0 saturated heterocycles. The highest BCUT2D eigenvalue weighted by Gasteiger charge is 2.45. The first-order valence-corrected chi connectivity index (χ1v) is 8.95. The molecule has 2 fully saturated rings. The summed E-state index contributed by atoms with van der Waals surface area (Å²) in [6, 6.07) is -0.513. The molecule has 2 saturated carbocycles. The van der Waals surface area contributed by atoms with Crippen LogP contribution < -0.4 is 5.32 Å². The summed E-state index contributed by atoms with van der Waals surface area (Å²) in [5, 5.41) is 7.11. The van der Waals surface area contributed by atoms with E-state index in [2.05, 4.69) is 10.4 Å². The number of hydrogen-bond acceptors (Lipinski definition) is 4. The first-order chi connectivity index (χ1) is 11.6. The number of aromatic nitrogens is 2. The molecule has 2 aliphatic carbocycles. The minimum absolute atomic E-state index is 0.0323. The van der Waals surface area contributed by atoms with Crippen LogP contribution in [0.2, 0.25) is 0 Å². The highest BCUT2D eigenvalue weighted by molar-refractivity contribution is 5.88. The van der Waals surface area contributed by atoms with E-state index >= 15 is 0 Å². The molecule has 0 spiro atoms. The third-order valence-corrected chi connectivity index (χ3v) is 5.38. The van der Waals surface area contributed by atoms with Crippen molar-refractivity contribution in [2.24, 2.45) is 18.9 Å². The van der Waals surface area contributed by atoms with E-state index < -0.39 is 6.04 Å². The summed E-state index contributed by atoms with van der Waals surface area (Å²) >= 11 is 0. The highest BCUT2D eigenvalue weighted by Crippen LogP contribution is 2.47. The summed E-state index contributed by atoms with van der Waals surface area (Å²) in [6.45, 7) is 0. The van der Waals surface area contributed by atoms with Crippen molar-refractivity contribution in [3.63, 3.8) is 0 Å². The average molecular weight is 333 g/mol. The zero-order valence-corrected chi connectivity index (χ0v) is 14.5. The Morgan fingerprint density at radius 3 is 2.75 bits per heavy atom. The standard InChI is InChI=1S/C18H27N3O3/c1-21-11-13(10-19-21)14-9-15(14)17(22)20-16(18(23)24-2)8-12-6-4-3-5-7-12/h10-12,14-16H,3-9H2,1-2H3,(H,20,22)/t14-,15+,16+/m0/s1. The molecule has 0 radical (unpaired) electrons. The maximum atomic E-state index is 12.5. The summed E-state index contributed by atoms with van der Waals surface area (Å²) < 4.78 is 6.66. The molecule has 3 rings (SSSR count). The first kappa shape index (κ1) is 17.0. The van der Waals surface area contributed by atoms with Gasteiger partial charge in [0, 0.05) is 19.2 Å². The lowest BCUT2D eigenvalue weighted by molar-refractivity contribution is -0.145. The predicted molar refractivity (Wildman–Crippen MR) is 89.2 cm³/mol. The lowest BCUT2D eigenvalue weighted by atomic mass is 9.85. The largest absolute Gasteiger partial charge is 0.467 e. The van der Waals surface area contributed by atoms with Gasteiger partial charge in [-0.05, 0) is 30.2 Å². The summed E-state index contributed by atoms with van der Waals surface area (Å²) in [5.41, 5.74) is 1.10. The molecular weight excluding hydrogens is 306 g/mol. The van der Waals surface area contributed by atoms with Crippen molar-refractivity contribution < 1.29 is 14.3 Å². The van der Waals surface area contributed by atoms with Gasteiger partial charge >= 0.3 is 5.97 Å². The van der Waals surface area contributed by atoms with Gasteiger partial charge in [0.05, 0.1) is 13.3 Å². The Morgan fingerprint density at radius 1 is 1.38 bits per heavy atom. The molecule has 1 heterocycles. The van der Waals surface area contributed by atoms with Crippen molar-refractivity contribution in [3.8, 4) is 0 Å². The average Bonchev–Trinajstić information content (AvgIpc) is 3.29. The van der Waals surface area contributed by atoms with Crippen molar-refractivity contribution in [3.05, 3.63) is 18.0 Å². The van der Waals surface area contributed by atoms with Gasteiger partial charge in [-0.25, -0.2) is 4.79 Å². The van der Waals surface area contributed by atoms with E-state index in [1.54, 1.807) is 4.68 Å². The number of carbonyl (C=O) groups excluding carboxylic acids is 2. The minimum atomic E-state index is -0.513. The number of rotatable bonds is 6. The van der Waals surface area contributed by atoms with E-state index in [1.807, 2.05) is 19.4 Å². The van der Waals surface area contributed by atoms with Crippen LogP contribution in [0.3, 0.4) is 0 Å². The number of methoxy groups -OCH3 is 1. The first-order valence-electron chi connectivity index (χ1n) is 8.95. The molecule has 0 aromatic carbocycles. The Hall–Kier alpha value is -1.85. The maximum absolute atomic E-state index is 12.5. The molecule has 1 aromatic rings. The number of aryl methyl sites for hydroxylation is 1. The van der Waals surface area contributed by atoms with Crippen molar-refractivity contribution >= 4 is 11.9 Å². The molecule has 132 valence electrons. The summed E-state index contributed by atoms with van der Waals surface area (Å²) in [5.74, 6) is 0.332. The molecule has 0 aliphatic heterocycles. The number of nitrogens with zero attached hydrogens (tertiary/aromatic N) is 2. The van der Waals surface area contributed by atoms with E-state index in [9.17, 15) is 9.59 Å². The Balaban J connectivity index is 1.56. The summed E-state index contributed by atoms with van der Waals surface area (Å²) in [6.07, 6.45) is 11.3. The SMILES string of the molecule is COC(=O)[C@@H](CC1CCCCC1)NC(=O)[C@@H]1C[C@H]1c1cnn(C)c1. The van der Waals surface area contributed by atoms with E-state index in [0.29, 0.717) is 12.3 Å². The van der Waals surface area contributed by atoms with Crippen LogP contribution in [-0.2, 0) is 21.4 Å². The quantitative estimate of drug-likeness (QED) is 0.810. The van der Waals surface area contributed by atoms with Crippen LogP contribution in [0.25, 0.3) is 0 Å². The number of ether oxygens (including phenoxy) is 1. The Morgan fingerprint density at radius 2 is 2.12 bits per heavy atom. The van der Waals surface area contributed by atoms with Crippen molar-refractivity contribution in [1.82, 2.24) is 15.1 Å². The minimum Gasteiger partial charge on any atom is -0.467 e. The maximum Gasteiger partial charge on any atom is 0.328 e. The second-order valence-electron chi connectivity index (χ2n) is 7.22. The van der Waals surface area contributed by atoms with Gasteiger partial charge in [0.15, 0.2) is 0 Å². The van der Waals surface area contributed by atoms with E-state index in [-0.39, 0.29) is 23.7 Å². The zero-order chi connectivity index (χ0) is 17.1. The smallest absolute Gasteiger partial charge is 0.328 e. The number of carbonyl (C=O) groups is 2. The van der Waals surface area contributed by atoms with Crippen LogP contribution in [-0.4, -0.2) is 34.8 Å².